The van der Waals surface area contributed by atoms with Gasteiger partial charge >= 0.3 is 0 Å². The smallest absolute Gasteiger partial charge is 0.199 e. The Labute approximate surface area is 179 Å². The molecular formula is C22H24FN7O. The van der Waals surface area contributed by atoms with E-state index in [1.165, 1.54) is 0 Å². The maximum Gasteiger partial charge on any atom is 0.199 e. The van der Waals surface area contributed by atoms with Crippen molar-refractivity contribution >= 4 is 11.5 Å². The van der Waals surface area contributed by atoms with E-state index in [0.717, 1.165) is 58.2 Å². The zero-order valence-corrected chi connectivity index (χ0v) is 17.6. The molecule has 1 fully saturated rings. The summed E-state index contributed by atoms with van der Waals surface area (Å²) in [5, 5.41) is 11.8. The molecule has 0 bridgehead atoms. The van der Waals surface area contributed by atoms with Crippen LogP contribution in [0.25, 0.3) is 17.2 Å². The molecule has 1 aliphatic heterocycles. The molecule has 3 aromatic heterocycles. The summed E-state index contributed by atoms with van der Waals surface area (Å²) < 4.78 is 20.7. The van der Waals surface area contributed by atoms with Crippen molar-refractivity contribution in [3.63, 3.8) is 0 Å². The number of aromatic amines is 1. The minimum absolute atomic E-state index is 0.470. The van der Waals surface area contributed by atoms with Crippen molar-refractivity contribution in [1.29, 1.82) is 0 Å². The summed E-state index contributed by atoms with van der Waals surface area (Å²) in [5.41, 5.74) is 6.21. The fraction of sp³-hybridized carbons (Fsp3) is 0.364. The van der Waals surface area contributed by atoms with E-state index in [-0.39, 0.29) is 0 Å². The molecule has 0 unspecified atom stereocenters. The normalized spacial score (nSPS) is 14.5. The summed E-state index contributed by atoms with van der Waals surface area (Å²) in [5.74, 6) is 1.41. The lowest BCUT2D eigenvalue weighted by molar-refractivity contribution is 0.122. The number of aryl methyl sites for hydroxylation is 1. The van der Waals surface area contributed by atoms with Gasteiger partial charge in [0.2, 0.25) is 0 Å². The van der Waals surface area contributed by atoms with E-state index >= 15 is 0 Å². The van der Waals surface area contributed by atoms with Crippen LogP contribution in [-0.2, 0) is 17.8 Å². The van der Waals surface area contributed by atoms with Crippen LogP contribution in [0.1, 0.15) is 27.9 Å². The van der Waals surface area contributed by atoms with Gasteiger partial charge in [0.1, 0.15) is 24.5 Å². The predicted molar refractivity (Wildman–Crippen MR) is 115 cm³/mol. The Morgan fingerprint density at radius 3 is 2.71 bits per heavy atom. The molecule has 1 aliphatic rings. The van der Waals surface area contributed by atoms with Crippen molar-refractivity contribution in [2.45, 2.75) is 26.9 Å². The molecule has 0 amide bonds. The molecule has 5 rings (SSSR count). The van der Waals surface area contributed by atoms with E-state index in [9.17, 15) is 4.39 Å². The highest BCUT2D eigenvalue weighted by atomic mass is 19.1. The molecule has 160 valence electrons. The highest BCUT2D eigenvalue weighted by Gasteiger charge is 2.22. The zero-order chi connectivity index (χ0) is 21.4. The number of hydrogen-bond acceptors (Lipinski definition) is 6. The lowest BCUT2D eigenvalue weighted by Gasteiger charge is -2.28. The average Bonchev–Trinajstić information content (AvgIpc) is 3.44. The van der Waals surface area contributed by atoms with Gasteiger partial charge in [-0.05, 0) is 30.5 Å². The van der Waals surface area contributed by atoms with Crippen molar-refractivity contribution < 1.29 is 9.13 Å². The molecule has 31 heavy (non-hydrogen) atoms. The highest BCUT2D eigenvalue weighted by molar-refractivity contribution is 5.66. The van der Waals surface area contributed by atoms with Crippen molar-refractivity contribution in [2.75, 3.05) is 31.2 Å². The summed E-state index contributed by atoms with van der Waals surface area (Å²) in [7, 11) is 0. The number of fused-ring (bicyclic) bond motifs is 1. The van der Waals surface area contributed by atoms with Crippen LogP contribution in [0.5, 0.6) is 0 Å². The number of aromatic nitrogens is 6. The number of anilines is 1. The van der Waals surface area contributed by atoms with Gasteiger partial charge in [0.05, 0.1) is 18.9 Å². The Bertz CT molecular complexity index is 1210. The van der Waals surface area contributed by atoms with Crippen LogP contribution in [-0.4, -0.2) is 56.1 Å². The van der Waals surface area contributed by atoms with Gasteiger partial charge in [-0.15, -0.1) is 0 Å². The topological polar surface area (TPSA) is 84.2 Å². The van der Waals surface area contributed by atoms with Crippen molar-refractivity contribution in [3.8, 4) is 11.5 Å². The first-order valence-corrected chi connectivity index (χ1v) is 10.4. The summed E-state index contributed by atoms with van der Waals surface area (Å²) in [4.78, 5) is 11.5. The lowest BCUT2D eigenvalue weighted by atomic mass is 9.97. The Balaban J connectivity index is 1.67. The lowest BCUT2D eigenvalue weighted by Crippen LogP contribution is -2.36. The minimum atomic E-state index is -0.470. The molecule has 0 radical (unpaired) electrons. The number of nitrogens with zero attached hydrogens (tertiary/aromatic N) is 6. The third-order valence-corrected chi connectivity index (χ3v) is 5.92. The number of ether oxygens (including phenoxy) is 1. The fourth-order valence-corrected chi connectivity index (χ4v) is 4.07. The number of morpholine rings is 1. The van der Waals surface area contributed by atoms with Crippen LogP contribution in [0, 0.1) is 13.8 Å². The maximum absolute atomic E-state index is 13.4. The standard InChI is InChI=1S/C22H24FN7O/c1-14-16(4-3-5-17(14)12-23)10-18-15(2)28-30-19(21-24-13-25-27-21)11-20(26-22(18)30)29-6-8-31-9-7-29/h3-5,11,13H,6-10,12H2,1-2H3,(H,24,25,27). The second kappa shape index (κ2) is 8.07. The van der Waals surface area contributed by atoms with Gasteiger partial charge in [-0.1, -0.05) is 18.2 Å². The third-order valence-electron chi connectivity index (χ3n) is 5.92. The number of H-pyrrole nitrogens is 1. The predicted octanol–water partition coefficient (Wildman–Crippen LogP) is 3.03. The van der Waals surface area contributed by atoms with Gasteiger partial charge in [0, 0.05) is 31.1 Å². The van der Waals surface area contributed by atoms with Gasteiger partial charge in [0.15, 0.2) is 11.5 Å². The molecule has 4 aromatic rings. The number of alkyl halides is 1. The van der Waals surface area contributed by atoms with E-state index < -0.39 is 6.67 Å². The largest absolute Gasteiger partial charge is 0.378 e. The van der Waals surface area contributed by atoms with E-state index in [1.54, 1.807) is 6.33 Å². The molecular weight excluding hydrogens is 397 g/mol. The Hall–Kier alpha value is -3.33. The van der Waals surface area contributed by atoms with E-state index in [2.05, 4.69) is 20.1 Å². The van der Waals surface area contributed by atoms with Crippen molar-refractivity contribution in [3.05, 3.63) is 58.5 Å². The van der Waals surface area contributed by atoms with Crippen LogP contribution in [0.15, 0.2) is 30.6 Å². The van der Waals surface area contributed by atoms with Gasteiger partial charge in [0.25, 0.3) is 0 Å². The fourth-order valence-electron chi connectivity index (χ4n) is 4.07. The second-order valence-corrected chi connectivity index (χ2v) is 7.73. The summed E-state index contributed by atoms with van der Waals surface area (Å²) in [6, 6.07) is 7.76. The summed E-state index contributed by atoms with van der Waals surface area (Å²) in [6.07, 6.45) is 2.18. The van der Waals surface area contributed by atoms with E-state index in [4.69, 9.17) is 14.8 Å². The van der Waals surface area contributed by atoms with Gasteiger partial charge < -0.3 is 9.64 Å². The Kier molecular flexibility index (Phi) is 5.11. The van der Waals surface area contributed by atoms with E-state index in [0.29, 0.717) is 25.5 Å². The number of nitrogens with one attached hydrogen (secondary N) is 1. The molecule has 0 saturated carbocycles. The Morgan fingerprint density at radius 2 is 1.97 bits per heavy atom. The quantitative estimate of drug-likeness (QED) is 0.533. The number of halogens is 1. The van der Waals surface area contributed by atoms with Crippen LogP contribution in [0.2, 0.25) is 0 Å². The molecule has 0 aliphatic carbocycles. The third kappa shape index (κ3) is 3.54. The SMILES string of the molecule is Cc1nn2c(-c3nc[nH]n3)cc(N3CCOCC3)nc2c1Cc1cccc(CF)c1C. The molecule has 1 aromatic carbocycles. The zero-order valence-electron chi connectivity index (χ0n) is 17.6. The molecule has 1 N–H and O–H groups in total. The van der Waals surface area contributed by atoms with E-state index in [1.807, 2.05) is 42.6 Å². The number of rotatable bonds is 5. The number of benzene rings is 1. The highest BCUT2D eigenvalue weighted by Crippen LogP contribution is 2.28. The average molecular weight is 421 g/mol. The second-order valence-electron chi connectivity index (χ2n) is 7.73. The van der Waals surface area contributed by atoms with Gasteiger partial charge in [-0.25, -0.2) is 18.9 Å². The molecule has 0 spiro atoms. The van der Waals surface area contributed by atoms with Crippen LogP contribution in [0.3, 0.4) is 0 Å². The first kappa shape index (κ1) is 19.6. The van der Waals surface area contributed by atoms with Crippen LogP contribution in [0.4, 0.5) is 10.2 Å². The van der Waals surface area contributed by atoms with Crippen molar-refractivity contribution in [2.24, 2.45) is 0 Å². The molecule has 9 heteroatoms. The first-order chi connectivity index (χ1) is 15.2. The monoisotopic (exact) mass is 421 g/mol. The molecule has 0 atom stereocenters. The van der Waals surface area contributed by atoms with Gasteiger partial charge in [-0.3, -0.25) is 5.10 Å². The molecule has 4 heterocycles. The minimum Gasteiger partial charge on any atom is -0.378 e. The summed E-state index contributed by atoms with van der Waals surface area (Å²) in [6.45, 7) is 6.37. The maximum atomic E-state index is 13.4. The number of hydrogen-bond donors (Lipinski definition) is 1. The van der Waals surface area contributed by atoms with Crippen LogP contribution >= 0.6 is 0 Å². The summed E-state index contributed by atoms with van der Waals surface area (Å²) >= 11 is 0. The first-order valence-electron chi connectivity index (χ1n) is 10.4. The van der Waals surface area contributed by atoms with Gasteiger partial charge in [-0.2, -0.15) is 10.2 Å². The molecule has 8 nitrogen and oxygen atoms in total. The Morgan fingerprint density at radius 1 is 1.16 bits per heavy atom. The van der Waals surface area contributed by atoms with Crippen molar-refractivity contribution in [1.82, 2.24) is 29.8 Å². The molecule has 1 saturated heterocycles. The van der Waals surface area contributed by atoms with Crippen LogP contribution < -0.4 is 4.90 Å².